The number of carbonyl (C=O) groups is 6. The van der Waals surface area contributed by atoms with Crippen molar-refractivity contribution in [3.05, 3.63) is 119 Å². The molecule has 382 valence electrons. The lowest BCUT2D eigenvalue weighted by atomic mass is 9.67. The van der Waals surface area contributed by atoms with Crippen LogP contribution in [-0.2, 0) is 39.9 Å². The number of amides is 5. The molecule has 5 atom stereocenters. The average Bonchev–Trinajstić information content (AvgIpc) is 4.05. The molecule has 0 saturated heterocycles. The van der Waals surface area contributed by atoms with Gasteiger partial charge < -0.3 is 48.5 Å². The normalized spacial score (nSPS) is 23.5. The number of ether oxygens (including phenoxy) is 1. The molecule has 1 aromatic rings. The SMILES string of the molecule is C=C(CC(=O)CC)C1(C(=O)N[C@H](Cc2ccccc2)C(=O)N[C@@H](CCCN=C(N)N)C(=O)N[C@@H](CC2=CNC3=CCC=CC4CC234)C(=O)NCC(N)=O)CCCC(C2=CC=C(OC(C)C)C=CC2)CCC1. The summed E-state index contributed by atoms with van der Waals surface area (Å²) >= 11 is 0. The first-order valence-electron chi connectivity index (χ1n) is 25.4. The van der Waals surface area contributed by atoms with E-state index < -0.39 is 59.6 Å². The van der Waals surface area contributed by atoms with Gasteiger partial charge in [-0.2, -0.15) is 0 Å². The minimum absolute atomic E-state index is 0.0291. The standard InChI is InChI=1S/C55H75N9O7/c1-5-42(65)29-36(4)54(26-12-18-38(19-13-27-54)39-17-11-21-43(25-24-39)71-35(2)3)52(70)64-45(30-37-15-7-6-8-16-37)51(69)62-44(22-14-28-59-53(57)58)50(68)63-46(49(67)61-34-48(56)66)31-41-33-60-47-23-10-9-20-40-32-55(40,41)47/h6-9,11,15-16,20-21,23-25,33,35,38,40,44-46,60H,4-5,10,12-14,17-19,22,26-32,34H2,1-3H3,(H2,56,66)(H,61,67)(H,62,69)(H,63,68)(H,64,70)(H4,57,58,59)/t38?,40?,44-,45+,46-,54?,55?/m0/s1. The molecule has 4 aliphatic carbocycles. The zero-order chi connectivity index (χ0) is 51.1. The average molecular weight is 974 g/mol. The maximum Gasteiger partial charge on any atom is 0.243 e. The first kappa shape index (κ1) is 53.6. The van der Waals surface area contributed by atoms with E-state index in [0.717, 1.165) is 54.7 Å². The second-order valence-corrected chi connectivity index (χ2v) is 19.9. The summed E-state index contributed by atoms with van der Waals surface area (Å²) in [5.41, 5.74) is 19.8. The van der Waals surface area contributed by atoms with Gasteiger partial charge in [0, 0.05) is 49.5 Å². The molecule has 0 aromatic heterocycles. The fraction of sp³-hybridized carbons (Fsp3) is 0.509. The van der Waals surface area contributed by atoms with Crippen LogP contribution in [0.3, 0.4) is 0 Å². The van der Waals surface area contributed by atoms with Gasteiger partial charge >= 0.3 is 0 Å². The molecule has 0 radical (unpaired) electrons. The van der Waals surface area contributed by atoms with Crippen molar-refractivity contribution < 1.29 is 33.5 Å². The number of Topliss-reactive ketones (excluding diaryl/α,β-unsaturated/α-hetero) is 1. The van der Waals surface area contributed by atoms with Gasteiger partial charge in [-0.1, -0.05) is 98.2 Å². The van der Waals surface area contributed by atoms with E-state index in [0.29, 0.717) is 43.6 Å². The highest BCUT2D eigenvalue weighted by molar-refractivity contribution is 5.96. The summed E-state index contributed by atoms with van der Waals surface area (Å²) < 4.78 is 5.96. The quantitative estimate of drug-likeness (QED) is 0.0293. The van der Waals surface area contributed by atoms with Crippen LogP contribution >= 0.6 is 0 Å². The van der Waals surface area contributed by atoms with Gasteiger partial charge in [0.15, 0.2) is 5.96 Å². The Morgan fingerprint density at radius 2 is 1.61 bits per heavy atom. The zero-order valence-corrected chi connectivity index (χ0v) is 41.7. The molecule has 0 bridgehead atoms. The number of nitrogens with one attached hydrogen (secondary N) is 5. The Hall–Kier alpha value is -6.71. The van der Waals surface area contributed by atoms with Crippen molar-refractivity contribution in [1.29, 1.82) is 0 Å². The van der Waals surface area contributed by atoms with Crippen LogP contribution in [0.1, 0.15) is 116 Å². The van der Waals surface area contributed by atoms with Gasteiger partial charge in [0.2, 0.25) is 29.5 Å². The van der Waals surface area contributed by atoms with Crippen LogP contribution in [0.4, 0.5) is 0 Å². The van der Waals surface area contributed by atoms with Gasteiger partial charge in [0.1, 0.15) is 29.7 Å². The van der Waals surface area contributed by atoms with E-state index in [4.69, 9.17) is 21.9 Å². The van der Waals surface area contributed by atoms with Crippen molar-refractivity contribution in [2.75, 3.05) is 13.1 Å². The number of allylic oxidation sites excluding steroid dienone is 9. The van der Waals surface area contributed by atoms with Crippen molar-refractivity contribution in [2.45, 2.75) is 141 Å². The highest BCUT2D eigenvalue weighted by Gasteiger charge is 2.60. The number of hydrogen-bond donors (Lipinski definition) is 8. The summed E-state index contributed by atoms with van der Waals surface area (Å²) in [6, 6.07) is 5.74. The number of hydrogen-bond acceptors (Lipinski definition) is 9. The van der Waals surface area contributed by atoms with Crippen molar-refractivity contribution in [1.82, 2.24) is 26.6 Å². The molecule has 1 aliphatic heterocycles. The maximum absolute atomic E-state index is 15.2. The fourth-order valence-corrected chi connectivity index (χ4v) is 10.6. The molecule has 16 heteroatoms. The molecule has 5 aliphatic rings. The maximum atomic E-state index is 15.2. The summed E-state index contributed by atoms with van der Waals surface area (Å²) in [5, 5.41) is 14.9. The highest BCUT2D eigenvalue weighted by atomic mass is 16.5. The monoisotopic (exact) mass is 974 g/mol. The van der Waals surface area contributed by atoms with Crippen LogP contribution in [0.5, 0.6) is 0 Å². The Balaban J connectivity index is 1.25. The number of aliphatic imine (C=N–C) groups is 1. The fourth-order valence-electron chi connectivity index (χ4n) is 10.6. The van der Waals surface area contributed by atoms with Gasteiger partial charge in [-0.15, -0.1) is 0 Å². The molecule has 11 N–H and O–H groups in total. The summed E-state index contributed by atoms with van der Waals surface area (Å²) in [4.78, 5) is 87.3. The van der Waals surface area contributed by atoms with E-state index >= 15 is 4.79 Å². The summed E-state index contributed by atoms with van der Waals surface area (Å²) in [5.74, 6) is -1.85. The van der Waals surface area contributed by atoms with Gasteiger partial charge in [0.05, 0.1) is 18.1 Å². The van der Waals surface area contributed by atoms with Gasteiger partial charge in [-0.3, -0.25) is 33.8 Å². The largest absolute Gasteiger partial charge is 0.491 e. The van der Waals surface area contributed by atoms with Crippen molar-refractivity contribution in [2.24, 2.45) is 44.9 Å². The van der Waals surface area contributed by atoms with E-state index in [1.165, 1.54) is 5.57 Å². The van der Waals surface area contributed by atoms with Crippen molar-refractivity contribution in [3.63, 3.8) is 0 Å². The number of guanidine groups is 1. The predicted octanol–water partition coefficient (Wildman–Crippen LogP) is 5.14. The second kappa shape index (κ2) is 24.9. The third-order valence-corrected chi connectivity index (χ3v) is 14.5. The molecule has 16 nitrogen and oxygen atoms in total. The zero-order valence-electron chi connectivity index (χ0n) is 41.7. The molecule has 2 fully saturated rings. The molecular formula is C55H75N9O7. The van der Waals surface area contributed by atoms with Gasteiger partial charge in [-0.25, -0.2) is 0 Å². The highest BCUT2D eigenvalue weighted by Crippen LogP contribution is 2.66. The third-order valence-electron chi connectivity index (χ3n) is 14.5. The topological polar surface area (TPSA) is 262 Å². The van der Waals surface area contributed by atoms with Crippen LogP contribution in [0, 0.1) is 22.7 Å². The minimum atomic E-state index is -1.21. The number of ketones is 1. The molecule has 71 heavy (non-hydrogen) atoms. The minimum Gasteiger partial charge on any atom is -0.491 e. The first-order valence-corrected chi connectivity index (χ1v) is 25.4. The van der Waals surface area contributed by atoms with Gasteiger partial charge in [-0.05, 0) is 107 Å². The van der Waals surface area contributed by atoms with E-state index in [9.17, 15) is 24.0 Å². The Bertz CT molecular complexity index is 2370. The molecule has 5 amide bonds. The molecule has 1 aromatic carbocycles. The molecule has 2 unspecified atom stereocenters. The lowest BCUT2D eigenvalue weighted by molar-refractivity contribution is -0.136. The first-order chi connectivity index (χ1) is 34.0. The number of benzene rings is 1. The third kappa shape index (κ3) is 14.2. The summed E-state index contributed by atoms with van der Waals surface area (Å²) in [7, 11) is 0. The van der Waals surface area contributed by atoms with Crippen LogP contribution in [0.2, 0.25) is 0 Å². The molecule has 1 heterocycles. The Morgan fingerprint density at radius 1 is 0.901 bits per heavy atom. The van der Waals surface area contributed by atoms with Crippen LogP contribution in [0.25, 0.3) is 0 Å². The van der Waals surface area contributed by atoms with E-state index in [-0.39, 0.29) is 67.8 Å². The predicted molar refractivity (Wildman–Crippen MR) is 275 cm³/mol. The Kier molecular flexibility index (Phi) is 18.8. The van der Waals surface area contributed by atoms with E-state index in [1.54, 1.807) is 6.92 Å². The van der Waals surface area contributed by atoms with Gasteiger partial charge in [0.25, 0.3) is 0 Å². The number of nitrogens with zero attached hydrogens (tertiary/aromatic N) is 1. The Labute approximate surface area is 418 Å². The lowest BCUT2D eigenvalue weighted by Gasteiger charge is -2.38. The molecule has 1 spiro atoms. The Morgan fingerprint density at radius 3 is 2.30 bits per heavy atom. The summed E-state index contributed by atoms with van der Waals surface area (Å²) in [6.07, 6.45) is 23.9. The number of rotatable bonds is 24. The van der Waals surface area contributed by atoms with E-state index in [2.05, 4.69) is 68.5 Å². The van der Waals surface area contributed by atoms with Crippen LogP contribution in [0.15, 0.2) is 119 Å². The number of carbonyl (C=O) groups excluding carboxylic acids is 6. The smallest absolute Gasteiger partial charge is 0.243 e. The van der Waals surface area contributed by atoms with E-state index in [1.807, 2.05) is 62.5 Å². The van der Waals surface area contributed by atoms with Crippen LogP contribution < -0.4 is 43.8 Å². The van der Waals surface area contributed by atoms with Crippen molar-refractivity contribution in [3.8, 4) is 0 Å². The summed E-state index contributed by atoms with van der Waals surface area (Å²) in [6.45, 7) is 9.92. The number of nitrogens with two attached hydrogens (primary N) is 3. The lowest BCUT2D eigenvalue weighted by Crippen LogP contribution is -2.58. The van der Waals surface area contributed by atoms with Crippen molar-refractivity contribution >= 4 is 41.3 Å². The van der Waals surface area contributed by atoms with Crippen LogP contribution in [-0.4, -0.2) is 78.6 Å². The second-order valence-electron chi connectivity index (χ2n) is 19.9. The molecule has 6 rings (SSSR count). The molecular weight excluding hydrogens is 899 g/mol. The molecule has 2 saturated carbocycles. The number of primary amides is 1.